The van der Waals surface area contributed by atoms with Crippen LogP contribution in [-0.2, 0) is 4.89 Å². The van der Waals surface area contributed by atoms with Crippen molar-refractivity contribution >= 4 is 0 Å². The van der Waals surface area contributed by atoms with Gasteiger partial charge in [-0.2, -0.15) is 0 Å². The molecule has 0 aromatic heterocycles. The predicted octanol–water partition coefficient (Wildman–Crippen LogP) is 3.04. The molecule has 2 atom stereocenters. The maximum atomic E-state index is 8.73. The second-order valence-electron chi connectivity index (χ2n) is 3.03. The van der Waals surface area contributed by atoms with Gasteiger partial charge in [0, 0.05) is 5.92 Å². The summed E-state index contributed by atoms with van der Waals surface area (Å²) in [5.41, 5.74) is 0.956. The van der Waals surface area contributed by atoms with E-state index in [0.717, 1.165) is 5.56 Å². The number of hydrogen-bond acceptors (Lipinski definition) is 2. The van der Waals surface area contributed by atoms with Gasteiger partial charge in [0.05, 0.1) is 0 Å². The fraction of sp³-hybridized carbons (Fsp3) is 0.273. The van der Waals surface area contributed by atoms with Crippen LogP contribution in [-0.4, -0.2) is 5.26 Å². The first kappa shape index (κ1) is 9.96. The Bertz CT molecular complexity index is 256. The van der Waals surface area contributed by atoms with Crippen LogP contribution in [0.2, 0.25) is 0 Å². The Morgan fingerprint density at radius 3 is 2.46 bits per heavy atom. The second kappa shape index (κ2) is 4.80. The molecule has 0 radical (unpaired) electrons. The molecule has 0 saturated carbocycles. The van der Waals surface area contributed by atoms with Crippen molar-refractivity contribution in [3.63, 3.8) is 0 Å². The van der Waals surface area contributed by atoms with Crippen LogP contribution >= 0.6 is 0 Å². The summed E-state index contributed by atoms with van der Waals surface area (Å²) in [6.07, 6.45) is 1.44. The van der Waals surface area contributed by atoms with Gasteiger partial charge < -0.3 is 0 Å². The molecule has 0 aliphatic rings. The lowest BCUT2D eigenvalue weighted by atomic mass is 9.98. The van der Waals surface area contributed by atoms with Crippen LogP contribution in [0, 0.1) is 5.92 Å². The molecule has 0 saturated heterocycles. The molecule has 0 aliphatic carbocycles. The van der Waals surface area contributed by atoms with Gasteiger partial charge in [-0.1, -0.05) is 43.3 Å². The van der Waals surface area contributed by atoms with Gasteiger partial charge in [-0.15, -0.1) is 6.58 Å². The van der Waals surface area contributed by atoms with Gasteiger partial charge in [0.15, 0.2) is 0 Å². The fourth-order valence-corrected chi connectivity index (χ4v) is 1.23. The maximum Gasteiger partial charge on any atom is 0.124 e. The van der Waals surface area contributed by atoms with Crippen molar-refractivity contribution < 1.29 is 10.1 Å². The molecule has 1 aromatic rings. The summed E-state index contributed by atoms with van der Waals surface area (Å²) in [5, 5.41) is 8.73. The highest BCUT2D eigenvalue weighted by Crippen LogP contribution is 2.25. The minimum absolute atomic E-state index is 0.0902. The first-order valence-electron chi connectivity index (χ1n) is 4.27. The van der Waals surface area contributed by atoms with Crippen molar-refractivity contribution in [2.24, 2.45) is 5.92 Å². The van der Waals surface area contributed by atoms with Crippen LogP contribution in [0.4, 0.5) is 0 Å². The highest BCUT2D eigenvalue weighted by Gasteiger charge is 2.16. The van der Waals surface area contributed by atoms with Crippen molar-refractivity contribution in [3.05, 3.63) is 48.6 Å². The van der Waals surface area contributed by atoms with Gasteiger partial charge in [0.2, 0.25) is 0 Å². The molecule has 0 unspecified atom stereocenters. The lowest BCUT2D eigenvalue weighted by Crippen LogP contribution is -2.09. The molecule has 0 fully saturated rings. The van der Waals surface area contributed by atoms with E-state index in [-0.39, 0.29) is 12.0 Å². The first-order chi connectivity index (χ1) is 6.29. The fourth-order valence-electron chi connectivity index (χ4n) is 1.23. The molecule has 2 nitrogen and oxygen atoms in total. The predicted molar refractivity (Wildman–Crippen MR) is 52.3 cm³/mol. The van der Waals surface area contributed by atoms with Crippen LogP contribution in [0.15, 0.2) is 43.0 Å². The van der Waals surface area contributed by atoms with Crippen molar-refractivity contribution in [1.29, 1.82) is 0 Å². The highest BCUT2D eigenvalue weighted by atomic mass is 17.1. The van der Waals surface area contributed by atoms with Gasteiger partial charge in [-0.05, 0) is 5.56 Å². The van der Waals surface area contributed by atoms with Crippen LogP contribution in [0.1, 0.15) is 18.6 Å². The van der Waals surface area contributed by atoms with E-state index < -0.39 is 0 Å². The molecular formula is C11H14O2. The Balaban J connectivity index is 2.84. The third-order valence-electron chi connectivity index (χ3n) is 2.09. The number of benzene rings is 1. The molecule has 0 amide bonds. The van der Waals surface area contributed by atoms with Crippen molar-refractivity contribution in [2.75, 3.05) is 0 Å². The molecular weight excluding hydrogens is 164 g/mol. The largest absolute Gasteiger partial charge is 0.251 e. The molecule has 1 rings (SSSR count). The van der Waals surface area contributed by atoms with Gasteiger partial charge in [0.1, 0.15) is 6.10 Å². The van der Waals surface area contributed by atoms with E-state index in [1.807, 2.05) is 37.3 Å². The average Bonchev–Trinajstić information content (AvgIpc) is 2.20. The molecule has 0 heterocycles. The Morgan fingerprint density at radius 1 is 1.38 bits per heavy atom. The topological polar surface area (TPSA) is 29.5 Å². The zero-order valence-electron chi connectivity index (χ0n) is 7.68. The molecule has 1 N–H and O–H groups in total. The van der Waals surface area contributed by atoms with Gasteiger partial charge in [-0.25, -0.2) is 4.89 Å². The van der Waals surface area contributed by atoms with E-state index >= 15 is 0 Å². The molecule has 70 valence electrons. The minimum Gasteiger partial charge on any atom is -0.251 e. The summed E-state index contributed by atoms with van der Waals surface area (Å²) >= 11 is 0. The second-order valence-corrected chi connectivity index (χ2v) is 3.03. The third-order valence-corrected chi connectivity index (χ3v) is 2.09. The standard InChI is InChI=1S/C11H14O2/c1-3-9(2)11(13-12)10-7-5-4-6-8-10/h3-9,11-12H,1H2,2H3/t9-,11+/m0/s1. The normalized spacial score (nSPS) is 14.9. The molecule has 2 heteroatoms. The highest BCUT2D eigenvalue weighted by molar-refractivity contribution is 5.18. The number of hydrogen-bond donors (Lipinski definition) is 1. The molecule has 0 spiro atoms. The van der Waals surface area contributed by atoms with Crippen molar-refractivity contribution in [1.82, 2.24) is 0 Å². The smallest absolute Gasteiger partial charge is 0.124 e. The van der Waals surface area contributed by atoms with Crippen molar-refractivity contribution in [3.8, 4) is 0 Å². The summed E-state index contributed by atoms with van der Waals surface area (Å²) in [7, 11) is 0. The monoisotopic (exact) mass is 178 g/mol. The summed E-state index contributed by atoms with van der Waals surface area (Å²) in [4.78, 5) is 4.42. The van der Waals surface area contributed by atoms with Gasteiger partial charge in [-0.3, -0.25) is 5.26 Å². The van der Waals surface area contributed by atoms with E-state index in [1.165, 1.54) is 0 Å². The zero-order valence-corrected chi connectivity index (χ0v) is 7.68. The molecule has 1 aromatic carbocycles. The first-order valence-corrected chi connectivity index (χ1v) is 4.27. The number of rotatable bonds is 4. The van der Waals surface area contributed by atoms with Crippen LogP contribution in [0.5, 0.6) is 0 Å². The van der Waals surface area contributed by atoms with E-state index in [1.54, 1.807) is 6.08 Å². The lowest BCUT2D eigenvalue weighted by molar-refractivity contribution is -0.289. The summed E-state index contributed by atoms with van der Waals surface area (Å²) in [5.74, 6) is 0.0902. The maximum absolute atomic E-state index is 8.73. The SMILES string of the molecule is C=C[C@H](C)[C@@H](OO)c1ccccc1. The molecule has 13 heavy (non-hydrogen) atoms. The van der Waals surface area contributed by atoms with Crippen molar-refractivity contribution in [2.45, 2.75) is 13.0 Å². The van der Waals surface area contributed by atoms with Crippen LogP contribution < -0.4 is 0 Å². The van der Waals surface area contributed by atoms with E-state index in [2.05, 4.69) is 11.5 Å². The Hall–Kier alpha value is -1.12. The Morgan fingerprint density at radius 2 is 2.00 bits per heavy atom. The zero-order chi connectivity index (χ0) is 9.68. The third kappa shape index (κ3) is 2.41. The van der Waals surface area contributed by atoms with Gasteiger partial charge in [0.25, 0.3) is 0 Å². The van der Waals surface area contributed by atoms with Gasteiger partial charge >= 0.3 is 0 Å². The lowest BCUT2D eigenvalue weighted by Gasteiger charge is -2.17. The minimum atomic E-state index is -0.321. The molecule has 0 aliphatic heterocycles. The molecule has 0 bridgehead atoms. The Labute approximate surface area is 78.4 Å². The van der Waals surface area contributed by atoms with E-state index in [0.29, 0.717) is 0 Å². The quantitative estimate of drug-likeness (QED) is 0.436. The van der Waals surface area contributed by atoms with Crippen LogP contribution in [0.25, 0.3) is 0 Å². The summed E-state index contributed by atoms with van der Waals surface area (Å²) < 4.78 is 0. The Kier molecular flexibility index (Phi) is 3.68. The summed E-state index contributed by atoms with van der Waals surface area (Å²) in [6, 6.07) is 9.59. The average molecular weight is 178 g/mol. The van der Waals surface area contributed by atoms with E-state index in [4.69, 9.17) is 5.26 Å². The van der Waals surface area contributed by atoms with Crippen LogP contribution in [0.3, 0.4) is 0 Å². The van der Waals surface area contributed by atoms with E-state index in [9.17, 15) is 0 Å². The summed E-state index contributed by atoms with van der Waals surface area (Å²) in [6.45, 7) is 5.61.